The minimum atomic E-state index is 0.203. The van der Waals surface area contributed by atoms with Crippen LogP contribution in [-0.4, -0.2) is 23.9 Å². The lowest BCUT2D eigenvalue weighted by molar-refractivity contribution is 0.396. The molecule has 0 amide bonds. The van der Waals surface area contributed by atoms with Gasteiger partial charge in [0.2, 0.25) is 0 Å². The van der Waals surface area contributed by atoms with Gasteiger partial charge in [-0.15, -0.1) is 0 Å². The van der Waals surface area contributed by atoms with Crippen molar-refractivity contribution < 1.29 is 0 Å². The van der Waals surface area contributed by atoms with E-state index in [9.17, 15) is 0 Å². The van der Waals surface area contributed by atoms with Crippen molar-refractivity contribution in [3.8, 4) is 0 Å². The molecule has 1 saturated carbocycles. The van der Waals surface area contributed by atoms with Gasteiger partial charge in [0.05, 0.1) is 12.1 Å². The topological polar surface area (TPSA) is 41.6 Å². The molecular formula is C13H18ClN3. The van der Waals surface area contributed by atoms with Crippen molar-refractivity contribution >= 4 is 17.6 Å². The summed E-state index contributed by atoms with van der Waals surface area (Å²) in [5.41, 5.74) is 7.16. The quantitative estimate of drug-likeness (QED) is 0.663. The van der Waals surface area contributed by atoms with Gasteiger partial charge in [-0.25, -0.2) is 4.99 Å². The zero-order valence-electron chi connectivity index (χ0n) is 10.2. The van der Waals surface area contributed by atoms with Gasteiger partial charge in [-0.3, -0.25) is 0 Å². The molecule has 1 atom stereocenters. The number of benzene rings is 1. The molecule has 1 fully saturated rings. The van der Waals surface area contributed by atoms with Gasteiger partial charge in [0.15, 0.2) is 5.96 Å². The highest BCUT2D eigenvalue weighted by Crippen LogP contribution is 2.25. The number of hydrogen-bond donors (Lipinski definition) is 1. The summed E-state index contributed by atoms with van der Waals surface area (Å²) in [6.07, 6.45) is 2.34. The number of hydrogen-bond acceptors (Lipinski definition) is 1. The fourth-order valence-corrected chi connectivity index (χ4v) is 1.77. The van der Waals surface area contributed by atoms with Crippen molar-refractivity contribution in [1.29, 1.82) is 0 Å². The van der Waals surface area contributed by atoms with E-state index in [0.717, 1.165) is 5.02 Å². The summed E-state index contributed by atoms with van der Waals surface area (Å²) in [6, 6.07) is 8.50. The van der Waals surface area contributed by atoms with Crippen LogP contribution in [0.4, 0.5) is 0 Å². The number of nitrogens with zero attached hydrogens (tertiary/aromatic N) is 2. The molecule has 1 aliphatic carbocycles. The fourth-order valence-electron chi connectivity index (χ4n) is 1.65. The molecule has 1 unspecified atom stereocenters. The van der Waals surface area contributed by atoms with Crippen molar-refractivity contribution in [2.24, 2.45) is 10.7 Å². The molecular weight excluding hydrogens is 234 g/mol. The predicted octanol–water partition coefficient (Wildman–Crippen LogP) is 2.81. The van der Waals surface area contributed by atoms with Crippen LogP contribution in [0, 0.1) is 0 Å². The van der Waals surface area contributed by atoms with E-state index in [1.165, 1.54) is 18.4 Å². The van der Waals surface area contributed by atoms with Gasteiger partial charge in [-0.2, -0.15) is 0 Å². The van der Waals surface area contributed by atoms with Gasteiger partial charge >= 0.3 is 0 Å². The van der Waals surface area contributed by atoms with Gasteiger partial charge in [0.1, 0.15) is 0 Å². The lowest BCUT2D eigenvalue weighted by atomic mass is 10.1. The second-order valence-electron chi connectivity index (χ2n) is 4.56. The Labute approximate surface area is 107 Å². The SMILES string of the molecule is CC(c1ccc(Cl)cc1)N(C)C(N)=NC1CC1. The van der Waals surface area contributed by atoms with Crippen LogP contribution in [0.3, 0.4) is 0 Å². The zero-order valence-corrected chi connectivity index (χ0v) is 11.0. The summed E-state index contributed by atoms with van der Waals surface area (Å²) in [5, 5.41) is 0.753. The minimum absolute atomic E-state index is 0.203. The molecule has 0 bridgehead atoms. The third kappa shape index (κ3) is 3.13. The third-order valence-corrected chi connectivity index (χ3v) is 3.41. The average molecular weight is 252 g/mol. The standard InChI is InChI=1S/C13H18ClN3/c1-9(10-3-5-11(14)6-4-10)17(2)13(15)16-12-7-8-12/h3-6,9,12H,7-8H2,1-2H3,(H2,15,16). The lowest BCUT2D eigenvalue weighted by Crippen LogP contribution is -2.36. The molecule has 4 heteroatoms. The Morgan fingerprint density at radius 2 is 2.00 bits per heavy atom. The van der Waals surface area contributed by atoms with Gasteiger partial charge in [-0.1, -0.05) is 23.7 Å². The average Bonchev–Trinajstić information content (AvgIpc) is 3.12. The molecule has 2 rings (SSSR count). The summed E-state index contributed by atoms with van der Waals surface area (Å²) in [4.78, 5) is 6.45. The molecule has 3 nitrogen and oxygen atoms in total. The van der Waals surface area contributed by atoms with E-state index in [4.69, 9.17) is 17.3 Å². The number of halogens is 1. The Kier molecular flexibility index (Phi) is 3.57. The second-order valence-corrected chi connectivity index (χ2v) is 4.99. The van der Waals surface area contributed by atoms with Crippen LogP contribution in [0.5, 0.6) is 0 Å². The van der Waals surface area contributed by atoms with Gasteiger partial charge in [0.25, 0.3) is 0 Å². The first kappa shape index (κ1) is 12.2. The van der Waals surface area contributed by atoms with Crippen molar-refractivity contribution in [3.05, 3.63) is 34.9 Å². The van der Waals surface area contributed by atoms with E-state index in [0.29, 0.717) is 12.0 Å². The predicted molar refractivity (Wildman–Crippen MR) is 72.3 cm³/mol. The van der Waals surface area contributed by atoms with Crippen molar-refractivity contribution in [1.82, 2.24) is 4.90 Å². The Morgan fingerprint density at radius 1 is 1.41 bits per heavy atom. The lowest BCUT2D eigenvalue weighted by Gasteiger charge is -2.26. The third-order valence-electron chi connectivity index (χ3n) is 3.16. The van der Waals surface area contributed by atoms with E-state index in [-0.39, 0.29) is 6.04 Å². The molecule has 0 spiro atoms. The molecule has 0 aliphatic heterocycles. The molecule has 0 radical (unpaired) electrons. The fraction of sp³-hybridized carbons (Fsp3) is 0.462. The summed E-state index contributed by atoms with van der Waals surface area (Å²) < 4.78 is 0. The van der Waals surface area contributed by atoms with Crippen LogP contribution in [0.15, 0.2) is 29.3 Å². The number of rotatable bonds is 3. The van der Waals surface area contributed by atoms with Crippen LogP contribution < -0.4 is 5.73 Å². The van der Waals surface area contributed by atoms with Gasteiger partial charge in [-0.05, 0) is 37.5 Å². The molecule has 0 saturated heterocycles. The molecule has 92 valence electrons. The Bertz CT molecular complexity index is 409. The first-order valence-electron chi connectivity index (χ1n) is 5.89. The summed E-state index contributed by atoms with van der Waals surface area (Å²) in [7, 11) is 1.97. The molecule has 1 aliphatic rings. The maximum Gasteiger partial charge on any atom is 0.191 e. The van der Waals surface area contributed by atoms with E-state index in [2.05, 4.69) is 11.9 Å². The summed E-state index contributed by atoms with van der Waals surface area (Å²) in [5.74, 6) is 0.620. The highest BCUT2D eigenvalue weighted by atomic mass is 35.5. The monoisotopic (exact) mass is 251 g/mol. The molecule has 1 aromatic carbocycles. The molecule has 2 N–H and O–H groups in total. The van der Waals surface area contributed by atoms with E-state index >= 15 is 0 Å². The molecule has 0 aromatic heterocycles. The second kappa shape index (κ2) is 4.96. The van der Waals surface area contributed by atoms with Crippen LogP contribution in [0.1, 0.15) is 31.4 Å². The van der Waals surface area contributed by atoms with Crippen molar-refractivity contribution in [3.63, 3.8) is 0 Å². The first-order chi connectivity index (χ1) is 8.08. The van der Waals surface area contributed by atoms with E-state index in [1.54, 1.807) is 0 Å². The Balaban J connectivity index is 2.07. The van der Waals surface area contributed by atoms with Crippen molar-refractivity contribution in [2.45, 2.75) is 31.8 Å². The Morgan fingerprint density at radius 3 is 2.53 bits per heavy atom. The van der Waals surface area contributed by atoms with Gasteiger partial charge in [0, 0.05) is 12.1 Å². The maximum absolute atomic E-state index is 5.98. The van der Waals surface area contributed by atoms with Gasteiger partial charge < -0.3 is 10.6 Å². The van der Waals surface area contributed by atoms with Crippen molar-refractivity contribution in [2.75, 3.05) is 7.05 Å². The highest BCUT2D eigenvalue weighted by molar-refractivity contribution is 6.30. The smallest absolute Gasteiger partial charge is 0.191 e. The highest BCUT2D eigenvalue weighted by Gasteiger charge is 2.22. The van der Waals surface area contributed by atoms with Crippen LogP contribution in [0.2, 0.25) is 5.02 Å². The van der Waals surface area contributed by atoms with Crippen LogP contribution in [0.25, 0.3) is 0 Å². The zero-order chi connectivity index (χ0) is 12.4. The summed E-state index contributed by atoms with van der Waals surface area (Å²) in [6.45, 7) is 2.11. The maximum atomic E-state index is 5.98. The number of aliphatic imine (C=N–C) groups is 1. The van der Waals surface area contributed by atoms with E-state index < -0.39 is 0 Å². The number of nitrogens with two attached hydrogens (primary N) is 1. The normalized spacial score (nSPS) is 17.9. The van der Waals surface area contributed by atoms with Crippen LogP contribution >= 0.6 is 11.6 Å². The number of guanidine groups is 1. The molecule has 17 heavy (non-hydrogen) atoms. The van der Waals surface area contributed by atoms with E-state index in [1.807, 2.05) is 36.2 Å². The minimum Gasteiger partial charge on any atom is -0.370 e. The first-order valence-corrected chi connectivity index (χ1v) is 6.27. The summed E-state index contributed by atoms with van der Waals surface area (Å²) >= 11 is 5.87. The largest absolute Gasteiger partial charge is 0.370 e. The molecule has 1 aromatic rings. The van der Waals surface area contributed by atoms with Crippen LogP contribution in [-0.2, 0) is 0 Å². The Hall–Kier alpha value is -1.22. The molecule has 0 heterocycles.